The fourth-order valence-corrected chi connectivity index (χ4v) is 2.05. The number of hydrogen-bond acceptors (Lipinski definition) is 4. The minimum Gasteiger partial charge on any atom is -0.455 e. The zero-order valence-corrected chi connectivity index (χ0v) is 12.2. The summed E-state index contributed by atoms with van der Waals surface area (Å²) >= 11 is 9.20. The molecule has 0 heterocycles. The van der Waals surface area contributed by atoms with E-state index in [0.29, 0.717) is 17.6 Å². The Labute approximate surface area is 127 Å². The van der Waals surface area contributed by atoms with Gasteiger partial charge >= 0.3 is 0 Å². The molecule has 0 unspecified atom stereocenters. The summed E-state index contributed by atoms with van der Waals surface area (Å²) in [6.07, 6.45) is 0.654. The number of hydrogen-bond donors (Lipinski definition) is 0. The SMILES string of the molecule is O=Cc1ccc(Br)cc1Oc1ccc([N+](=O)[O-])cc1Cl. The van der Waals surface area contributed by atoms with Crippen molar-refractivity contribution in [1.29, 1.82) is 0 Å². The van der Waals surface area contributed by atoms with Crippen LogP contribution in [0.25, 0.3) is 0 Å². The second kappa shape index (κ2) is 6.02. The van der Waals surface area contributed by atoms with E-state index in [0.717, 1.165) is 4.47 Å². The van der Waals surface area contributed by atoms with E-state index in [1.54, 1.807) is 18.2 Å². The van der Waals surface area contributed by atoms with Crippen molar-refractivity contribution in [2.24, 2.45) is 0 Å². The van der Waals surface area contributed by atoms with E-state index in [2.05, 4.69) is 15.9 Å². The lowest BCUT2D eigenvalue weighted by Crippen LogP contribution is -1.93. The standard InChI is InChI=1S/C13H7BrClNO4/c14-9-2-1-8(7-17)13(5-9)20-12-4-3-10(16(18)19)6-11(12)15/h1-7H. The van der Waals surface area contributed by atoms with Crippen molar-refractivity contribution in [3.8, 4) is 11.5 Å². The summed E-state index contributed by atoms with van der Waals surface area (Å²) in [5.74, 6) is 0.545. The predicted octanol–water partition coefficient (Wildman–Crippen LogP) is 4.62. The molecule has 0 spiro atoms. The summed E-state index contributed by atoms with van der Waals surface area (Å²) < 4.78 is 6.26. The summed E-state index contributed by atoms with van der Waals surface area (Å²) in [5.41, 5.74) is 0.217. The summed E-state index contributed by atoms with van der Waals surface area (Å²) in [5, 5.41) is 10.7. The van der Waals surface area contributed by atoms with E-state index in [9.17, 15) is 14.9 Å². The second-order valence-electron chi connectivity index (χ2n) is 3.77. The van der Waals surface area contributed by atoms with Crippen molar-refractivity contribution in [3.05, 3.63) is 61.6 Å². The van der Waals surface area contributed by atoms with Crippen LogP contribution >= 0.6 is 27.5 Å². The van der Waals surface area contributed by atoms with Gasteiger partial charge in [0.2, 0.25) is 0 Å². The summed E-state index contributed by atoms with van der Waals surface area (Å²) in [6.45, 7) is 0. The molecule has 20 heavy (non-hydrogen) atoms. The van der Waals surface area contributed by atoms with Gasteiger partial charge in [0.05, 0.1) is 15.5 Å². The Balaban J connectivity index is 2.37. The number of nitrogens with zero attached hydrogens (tertiary/aromatic N) is 1. The molecule has 5 nitrogen and oxygen atoms in total. The van der Waals surface area contributed by atoms with Crippen LogP contribution in [-0.4, -0.2) is 11.2 Å². The number of rotatable bonds is 4. The van der Waals surface area contributed by atoms with Crippen molar-refractivity contribution < 1.29 is 14.5 Å². The predicted molar refractivity (Wildman–Crippen MR) is 77.7 cm³/mol. The average Bonchev–Trinajstić information content (AvgIpc) is 2.41. The minimum absolute atomic E-state index is 0.0935. The Morgan fingerprint density at radius 1 is 1.20 bits per heavy atom. The monoisotopic (exact) mass is 355 g/mol. The van der Waals surface area contributed by atoms with Gasteiger partial charge in [0.1, 0.15) is 11.5 Å². The van der Waals surface area contributed by atoms with Crippen LogP contribution in [0.4, 0.5) is 5.69 Å². The molecule has 102 valence electrons. The number of ether oxygens (including phenoxy) is 1. The van der Waals surface area contributed by atoms with Crippen LogP contribution < -0.4 is 4.74 Å². The van der Waals surface area contributed by atoms with Gasteiger partial charge in [-0.05, 0) is 24.3 Å². The summed E-state index contributed by atoms with van der Waals surface area (Å²) in [4.78, 5) is 21.0. The van der Waals surface area contributed by atoms with Crippen LogP contribution in [0.3, 0.4) is 0 Å². The van der Waals surface area contributed by atoms with Gasteiger partial charge in [-0.1, -0.05) is 27.5 Å². The third kappa shape index (κ3) is 3.15. The smallest absolute Gasteiger partial charge is 0.271 e. The molecule has 0 aromatic heterocycles. The molecule has 7 heteroatoms. The van der Waals surface area contributed by atoms with Crippen LogP contribution in [0.2, 0.25) is 5.02 Å². The minimum atomic E-state index is -0.550. The molecule has 2 aromatic rings. The number of aldehydes is 1. The molecule has 0 N–H and O–H groups in total. The van der Waals surface area contributed by atoms with E-state index < -0.39 is 4.92 Å². The maximum atomic E-state index is 10.9. The highest BCUT2D eigenvalue weighted by Crippen LogP contribution is 2.34. The summed E-state index contributed by atoms with van der Waals surface area (Å²) in [6, 6.07) is 8.76. The van der Waals surface area contributed by atoms with Crippen LogP contribution in [0.1, 0.15) is 10.4 Å². The van der Waals surface area contributed by atoms with Crippen molar-refractivity contribution in [3.63, 3.8) is 0 Å². The Bertz CT molecular complexity index is 690. The molecule has 0 amide bonds. The van der Waals surface area contributed by atoms with Gasteiger partial charge in [0.15, 0.2) is 6.29 Å². The zero-order valence-electron chi connectivity index (χ0n) is 9.88. The molecule has 0 aliphatic rings. The van der Waals surface area contributed by atoms with Gasteiger partial charge in [0.25, 0.3) is 5.69 Å². The number of halogens is 2. The lowest BCUT2D eigenvalue weighted by molar-refractivity contribution is -0.384. The molecule has 0 aliphatic heterocycles. The molecule has 0 atom stereocenters. The van der Waals surface area contributed by atoms with Gasteiger partial charge in [-0.15, -0.1) is 0 Å². The highest BCUT2D eigenvalue weighted by Gasteiger charge is 2.12. The van der Waals surface area contributed by atoms with Crippen molar-refractivity contribution >= 4 is 39.5 Å². The maximum absolute atomic E-state index is 10.9. The first kappa shape index (κ1) is 14.5. The Morgan fingerprint density at radius 2 is 1.95 bits per heavy atom. The largest absolute Gasteiger partial charge is 0.455 e. The van der Waals surface area contributed by atoms with E-state index in [4.69, 9.17) is 16.3 Å². The van der Waals surface area contributed by atoms with Gasteiger partial charge in [-0.2, -0.15) is 0 Å². The molecule has 0 aliphatic carbocycles. The number of nitro groups is 1. The maximum Gasteiger partial charge on any atom is 0.271 e. The first-order chi connectivity index (χ1) is 9.51. The highest BCUT2D eigenvalue weighted by atomic mass is 79.9. The number of benzene rings is 2. The number of non-ortho nitro benzene ring substituents is 1. The first-order valence-corrected chi connectivity index (χ1v) is 6.55. The van der Waals surface area contributed by atoms with E-state index in [1.807, 2.05) is 0 Å². The van der Waals surface area contributed by atoms with Gasteiger partial charge in [0, 0.05) is 16.6 Å². The Morgan fingerprint density at radius 3 is 2.55 bits per heavy atom. The van der Waals surface area contributed by atoms with Crippen LogP contribution in [0.5, 0.6) is 11.5 Å². The lowest BCUT2D eigenvalue weighted by Gasteiger charge is -2.09. The van der Waals surface area contributed by atoms with Crippen molar-refractivity contribution in [1.82, 2.24) is 0 Å². The van der Waals surface area contributed by atoms with Crippen LogP contribution in [0.15, 0.2) is 40.9 Å². The quantitative estimate of drug-likeness (QED) is 0.455. The van der Waals surface area contributed by atoms with Gasteiger partial charge in [-0.25, -0.2) is 0 Å². The number of nitro benzene ring substituents is 1. The third-order valence-corrected chi connectivity index (χ3v) is 3.24. The van der Waals surface area contributed by atoms with E-state index in [-0.39, 0.29) is 16.5 Å². The Hall–Kier alpha value is -1.92. The molecule has 2 aromatic carbocycles. The highest BCUT2D eigenvalue weighted by molar-refractivity contribution is 9.10. The fourth-order valence-electron chi connectivity index (χ4n) is 1.50. The number of carbonyl (C=O) groups is 1. The third-order valence-electron chi connectivity index (χ3n) is 2.45. The molecule has 0 saturated carbocycles. The van der Waals surface area contributed by atoms with E-state index in [1.165, 1.54) is 18.2 Å². The van der Waals surface area contributed by atoms with Crippen LogP contribution in [0, 0.1) is 10.1 Å². The topological polar surface area (TPSA) is 69.4 Å². The fraction of sp³-hybridized carbons (Fsp3) is 0. The first-order valence-electron chi connectivity index (χ1n) is 5.38. The molecule has 2 rings (SSSR count). The van der Waals surface area contributed by atoms with Crippen molar-refractivity contribution in [2.45, 2.75) is 0 Å². The molecule has 0 saturated heterocycles. The van der Waals surface area contributed by atoms with E-state index >= 15 is 0 Å². The molecule has 0 radical (unpaired) electrons. The van der Waals surface area contributed by atoms with Gasteiger partial charge < -0.3 is 4.74 Å². The average molecular weight is 357 g/mol. The lowest BCUT2D eigenvalue weighted by atomic mass is 10.2. The Kier molecular flexibility index (Phi) is 4.36. The molecule has 0 fully saturated rings. The van der Waals surface area contributed by atoms with Crippen LogP contribution in [-0.2, 0) is 0 Å². The normalized spacial score (nSPS) is 10.1. The van der Waals surface area contributed by atoms with Gasteiger partial charge in [-0.3, -0.25) is 14.9 Å². The number of carbonyl (C=O) groups excluding carboxylic acids is 1. The van der Waals surface area contributed by atoms with Crippen molar-refractivity contribution in [2.75, 3.05) is 0 Å². The molecule has 0 bridgehead atoms. The molecular weight excluding hydrogens is 350 g/mol. The molecular formula is C13H7BrClNO4. The zero-order chi connectivity index (χ0) is 14.7. The second-order valence-corrected chi connectivity index (χ2v) is 5.10. The summed E-state index contributed by atoms with van der Waals surface area (Å²) in [7, 11) is 0.